The number of ether oxygens (including phenoxy) is 4. The van der Waals surface area contributed by atoms with Crippen LogP contribution in [0.5, 0.6) is 11.6 Å². The lowest BCUT2D eigenvalue weighted by Crippen LogP contribution is -2.51. The second-order valence-electron chi connectivity index (χ2n) is 11.5. The maximum Gasteiger partial charge on any atom is 0.387 e. The lowest BCUT2D eigenvalue weighted by atomic mass is 9.97. The molecule has 2 fully saturated rings. The van der Waals surface area contributed by atoms with Gasteiger partial charge in [-0.1, -0.05) is 0 Å². The number of amides is 2. The van der Waals surface area contributed by atoms with Gasteiger partial charge in [0, 0.05) is 32.4 Å². The minimum Gasteiger partial charge on any atom is -0.475 e. The van der Waals surface area contributed by atoms with Crippen LogP contribution in [0.3, 0.4) is 0 Å². The highest BCUT2D eigenvalue weighted by Gasteiger charge is 2.33. The van der Waals surface area contributed by atoms with E-state index in [-0.39, 0.29) is 59.4 Å². The predicted molar refractivity (Wildman–Crippen MR) is 165 cm³/mol. The third kappa shape index (κ3) is 8.67. The number of rotatable bonds is 12. The fraction of sp³-hybridized carbons (Fsp3) is 0.438. The van der Waals surface area contributed by atoms with Crippen LogP contribution in [0, 0.1) is 0 Å². The molecule has 0 saturated carbocycles. The van der Waals surface area contributed by atoms with E-state index < -0.39 is 30.2 Å². The Kier molecular flexibility index (Phi) is 10.8. The summed E-state index contributed by atoms with van der Waals surface area (Å²) in [6, 6.07) is 8.31. The Morgan fingerprint density at radius 1 is 1.09 bits per heavy atom. The van der Waals surface area contributed by atoms with Gasteiger partial charge >= 0.3 is 6.61 Å². The molecule has 252 valence electrons. The van der Waals surface area contributed by atoms with Gasteiger partial charge in [-0.25, -0.2) is 4.39 Å². The van der Waals surface area contributed by atoms with Crippen molar-refractivity contribution in [1.29, 1.82) is 0 Å². The number of aryl methyl sites for hydroxylation is 1. The number of alkyl halides is 3. The highest BCUT2D eigenvalue weighted by atomic mass is 19.3. The number of nitrogens with one attached hydrogen (secondary N) is 2. The molecule has 4 heterocycles. The molecule has 0 spiro atoms. The first-order valence-electron chi connectivity index (χ1n) is 15.1. The zero-order chi connectivity index (χ0) is 33.7. The number of hydrogen-bond donors (Lipinski definition) is 2. The Bertz CT molecular complexity index is 1660. The Hall–Kier alpha value is -4.47. The van der Waals surface area contributed by atoms with Crippen LogP contribution in [-0.2, 0) is 23.1 Å². The van der Waals surface area contributed by atoms with E-state index in [1.54, 1.807) is 20.0 Å². The maximum atomic E-state index is 13.6. The van der Waals surface area contributed by atoms with Gasteiger partial charge in [0.15, 0.2) is 0 Å². The van der Waals surface area contributed by atoms with Crippen molar-refractivity contribution in [1.82, 2.24) is 19.8 Å². The molecule has 2 amide bonds. The van der Waals surface area contributed by atoms with Crippen molar-refractivity contribution in [2.75, 3.05) is 44.8 Å². The van der Waals surface area contributed by atoms with Crippen LogP contribution in [0.2, 0.25) is 0 Å². The third-order valence-electron chi connectivity index (χ3n) is 7.35. The van der Waals surface area contributed by atoms with E-state index in [0.717, 1.165) is 6.07 Å². The summed E-state index contributed by atoms with van der Waals surface area (Å²) in [5.41, 5.74) is 0.610. The number of nitrogens with zero attached hydrogens (tertiary/aromatic N) is 3. The van der Waals surface area contributed by atoms with E-state index in [9.17, 15) is 27.6 Å². The zero-order valence-electron chi connectivity index (χ0n) is 26.1. The topological polar surface area (TPSA) is 133 Å². The lowest BCUT2D eigenvalue weighted by Gasteiger charge is -2.34. The van der Waals surface area contributed by atoms with Gasteiger partial charge in [-0.3, -0.25) is 14.4 Å². The second-order valence-corrected chi connectivity index (χ2v) is 11.5. The molecule has 12 nitrogen and oxygen atoms in total. The molecular weight excluding hydrogens is 623 g/mol. The number of benzene rings is 1. The highest BCUT2D eigenvalue weighted by molar-refractivity contribution is 6.05. The summed E-state index contributed by atoms with van der Waals surface area (Å²) in [6.07, 6.45) is 0.0177. The molecule has 2 aliphatic rings. The van der Waals surface area contributed by atoms with Gasteiger partial charge in [-0.2, -0.15) is 13.8 Å². The van der Waals surface area contributed by atoms with E-state index in [0.29, 0.717) is 44.0 Å². The van der Waals surface area contributed by atoms with Crippen molar-refractivity contribution in [2.45, 2.75) is 45.4 Å². The summed E-state index contributed by atoms with van der Waals surface area (Å²) >= 11 is 0. The molecule has 47 heavy (non-hydrogen) atoms. The highest BCUT2D eigenvalue weighted by Crippen LogP contribution is 2.33. The van der Waals surface area contributed by atoms with E-state index >= 15 is 0 Å². The van der Waals surface area contributed by atoms with Crippen LogP contribution in [0.25, 0.3) is 11.1 Å². The predicted octanol–water partition coefficient (Wildman–Crippen LogP) is 3.39. The average Bonchev–Trinajstić information content (AvgIpc) is 3.00. The van der Waals surface area contributed by atoms with Gasteiger partial charge in [-0.15, -0.1) is 0 Å². The molecule has 2 aromatic heterocycles. The molecule has 0 bridgehead atoms. The fourth-order valence-electron chi connectivity index (χ4n) is 5.17. The molecule has 5 rings (SSSR count). The standard InChI is InChI=1S/C32H36F3N5O7/c1-18(2)46-28-10-20(24-5-4-22(47-32(34)35)11-25(24)31(43)40-15-21(33)16-40)9-27(37-28)38-29(41)26-8-19(14-39(3)30(26)42)12-36-13-23-17-44-6-7-45-23/h4-5,8-11,14,18,21,23,32,36H,6-7,12-13,15-17H2,1-3H3,(H,37,38,41)/t23-/m1/s1. The van der Waals surface area contributed by atoms with Crippen LogP contribution in [0.1, 0.15) is 40.1 Å². The zero-order valence-corrected chi connectivity index (χ0v) is 26.1. The Morgan fingerprint density at radius 3 is 2.55 bits per heavy atom. The van der Waals surface area contributed by atoms with Gasteiger partial charge in [0.05, 0.1) is 50.7 Å². The first-order chi connectivity index (χ1) is 22.5. The molecule has 2 saturated heterocycles. The van der Waals surface area contributed by atoms with E-state index in [4.69, 9.17) is 14.2 Å². The molecule has 2 N–H and O–H groups in total. The SMILES string of the molecule is CC(C)Oc1cc(-c2ccc(OC(F)F)cc2C(=O)N2CC(F)C2)cc(NC(=O)c2cc(CNC[C@@H]3COCCO3)cn(C)c2=O)n1. The molecule has 0 radical (unpaired) electrons. The first-order valence-corrected chi connectivity index (χ1v) is 15.1. The van der Waals surface area contributed by atoms with Crippen molar-refractivity contribution < 1.29 is 41.7 Å². The number of halogens is 3. The van der Waals surface area contributed by atoms with Crippen molar-refractivity contribution >= 4 is 17.6 Å². The fourth-order valence-corrected chi connectivity index (χ4v) is 5.17. The Labute approximate surface area is 268 Å². The number of aromatic nitrogens is 2. The molecule has 1 atom stereocenters. The van der Waals surface area contributed by atoms with E-state index in [1.807, 2.05) is 0 Å². The van der Waals surface area contributed by atoms with Crippen molar-refractivity contribution in [2.24, 2.45) is 7.05 Å². The minimum absolute atomic E-state index is 0.00209. The van der Waals surface area contributed by atoms with Crippen LogP contribution >= 0.6 is 0 Å². The Balaban J connectivity index is 1.43. The van der Waals surface area contributed by atoms with Crippen LogP contribution in [-0.4, -0.2) is 90.7 Å². The lowest BCUT2D eigenvalue weighted by molar-refractivity contribution is -0.0864. The van der Waals surface area contributed by atoms with Gasteiger partial charge in [0.1, 0.15) is 23.3 Å². The Morgan fingerprint density at radius 2 is 1.87 bits per heavy atom. The number of anilines is 1. The summed E-state index contributed by atoms with van der Waals surface area (Å²) in [7, 11) is 1.54. The van der Waals surface area contributed by atoms with Crippen LogP contribution in [0.15, 0.2) is 47.4 Å². The van der Waals surface area contributed by atoms with Gasteiger partial charge in [0.2, 0.25) is 5.88 Å². The molecule has 2 aliphatic heterocycles. The molecule has 0 unspecified atom stereocenters. The summed E-state index contributed by atoms with van der Waals surface area (Å²) < 4.78 is 62.3. The third-order valence-corrected chi connectivity index (χ3v) is 7.35. The minimum atomic E-state index is -3.13. The summed E-state index contributed by atoms with van der Waals surface area (Å²) in [4.78, 5) is 45.4. The largest absolute Gasteiger partial charge is 0.475 e. The van der Waals surface area contributed by atoms with Crippen LogP contribution < -0.4 is 25.7 Å². The quantitative estimate of drug-likeness (QED) is 0.300. The van der Waals surface area contributed by atoms with Crippen molar-refractivity contribution in [3.63, 3.8) is 0 Å². The average molecular weight is 660 g/mol. The van der Waals surface area contributed by atoms with Gasteiger partial charge < -0.3 is 39.0 Å². The van der Waals surface area contributed by atoms with Crippen molar-refractivity contribution in [3.8, 4) is 22.8 Å². The maximum absolute atomic E-state index is 13.6. The summed E-state index contributed by atoms with van der Waals surface area (Å²) in [5, 5.41) is 5.90. The van der Waals surface area contributed by atoms with Gasteiger partial charge in [0.25, 0.3) is 17.4 Å². The molecule has 0 aliphatic carbocycles. The monoisotopic (exact) mass is 659 g/mol. The number of hydrogen-bond acceptors (Lipinski definition) is 9. The number of carbonyl (C=O) groups excluding carboxylic acids is 2. The molecule has 1 aromatic carbocycles. The number of carbonyl (C=O) groups is 2. The number of pyridine rings is 2. The normalized spacial score (nSPS) is 16.7. The summed E-state index contributed by atoms with van der Waals surface area (Å²) in [6.45, 7) is 2.57. The van der Waals surface area contributed by atoms with Crippen LogP contribution in [0.4, 0.5) is 19.0 Å². The van der Waals surface area contributed by atoms with E-state index in [2.05, 4.69) is 20.4 Å². The summed E-state index contributed by atoms with van der Waals surface area (Å²) in [5.74, 6) is -1.48. The van der Waals surface area contributed by atoms with Crippen molar-refractivity contribution in [3.05, 3.63) is 69.6 Å². The molecular formula is C32H36F3N5O7. The van der Waals surface area contributed by atoms with E-state index in [1.165, 1.54) is 46.8 Å². The molecule has 3 aromatic rings. The number of likely N-dealkylation sites (tertiary alicyclic amines) is 1. The second kappa shape index (κ2) is 15.0. The van der Waals surface area contributed by atoms with Gasteiger partial charge in [-0.05, 0) is 60.9 Å². The molecule has 15 heteroatoms. The first kappa shape index (κ1) is 33.9. The smallest absolute Gasteiger partial charge is 0.387 e.